The fourth-order valence-corrected chi connectivity index (χ4v) is 4.52. The van der Waals surface area contributed by atoms with Crippen molar-refractivity contribution in [3.8, 4) is 17.2 Å². The van der Waals surface area contributed by atoms with E-state index in [2.05, 4.69) is 11.8 Å². The van der Waals surface area contributed by atoms with Crippen LogP contribution in [0.15, 0.2) is 72.8 Å². The largest absolute Gasteiger partial charge is 0.508 e. The predicted octanol–water partition coefficient (Wildman–Crippen LogP) is 5.62. The van der Waals surface area contributed by atoms with Crippen molar-refractivity contribution in [3.63, 3.8) is 0 Å². The first-order chi connectivity index (χ1) is 17.0. The Labute approximate surface area is 206 Å². The normalized spacial score (nSPS) is 17.3. The van der Waals surface area contributed by atoms with Crippen LogP contribution >= 0.6 is 0 Å². The molecule has 3 aromatic rings. The molecule has 0 spiro atoms. The Balaban J connectivity index is 1.61. The Hall–Kier alpha value is -3.35. The second-order valence-electron chi connectivity index (χ2n) is 8.64. The molecule has 184 valence electrons. The van der Waals surface area contributed by atoms with Crippen LogP contribution in [0.1, 0.15) is 37.0 Å². The van der Waals surface area contributed by atoms with Gasteiger partial charge in [-0.3, -0.25) is 4.39 Å². The Bertz CT molecular complexity index is 1180. The van der Waals surface area contributed by atoms with E-state index in [0.29, 0.717) is 54.3 Å². The maximum absolute atomic E-state index is 12.5. The summed E-state index contributed by atoms with van der Waals surface area (Å²) in [4.78, 5) is 2.15. The van der Waals surface area contributed by atoms with Gasteiger partial charge in [-0.15, -0.1) is 0 Å². The maximum Gasteiger partial charge on any atom is 0.262 e. The molecule has 4 rings (SSSR count). The SMILES string of the molecule is CCN(CCCF)CCOc1ccc(C2(O)Oc3ccccc3C(C)=C2c2cccc(O)c2)cc1. The average Bonchev–Trinajstić information content (AvgIpc) is 2.86. The lowest BCUT2D eigenvalue weighted by molar-refractivity contribution is -0.0929. The van der Waals surface area contributed by atoms with Crippen LogP contribution in [0.3, 0.4) is 0 Å². The minimum absolute atomic E-state index is 0.111. The number of halogens is 1. The molecule has 0 saturated carbocycles. The van der Waals surface area contributed by atoms with Gasteiger partial charge < -0.3 is 24.6 Å². The number of ether oxygens (including phenoxy) is 2. The number of hydrogen-bond donors (Lipinski definition) is 2. The number of rotatable bonds is 10. The zero-order valence-electron chi connectivity index (χ0n) is 20.2. The molecule has 5 nitrogen and oxygen atoms in total. The highest BCUT2D eigenvalue weighted by atomic mass is 19.1. The van der Waals surface area contributed by atoms with Gasteiger partial charge in [0.2, 0.25) is 0 Å². The molecule has 2 N–H and O–H groups in total. The molecule has 6 heteroatoms. The number of likely N-dealkylation sites (N-methyl/N-ethyl adjacent to an activating group) is 1. The molecule has 0 aromatic heterocycles. The summed E-state index contributed by atoms with van der Waals surface area (Å²) in [6, 6.07) is 21.6. The molecule has 0 saturated heterocycles. The monoisotopic (exact) mass is 477 g/mol. The van der Waals surface area contributed by atoms with Crippen LogP contribution in [0, 0.1) is 0 Å². The van der Waals surface area contributed by atoms with Crippen molar-refractivity contribution in [2.45, 2.75) is 26.1 Å². The lowest BCUT2D eigenvalue weighted by atomic mass is 9.83. The van der Waals surface area contributed by atoms with Gasteiger partial charge in [-0.25, -0.2) is 0 Å². The fraction of sp³-hybridized carbons (Fsp3) is 0.310. The zero-order valence-corrected chi connectivity index (χ0v) is 20.2. The first-order valence-electron chi connectivity index (χ1n) is 12.0. The molecule has 0 aliphatic carbocycles. The third kappa shape index (κ3) is 5.34. The van der Waals surface area contributed by atoms with Crippen LogP contribution in [0.2, 0.25) is 0 Å². The number of allylic oxidation sites excluding steroid dienone is 1. The Kier molecular flexibility index (Phi) is 7.73. The molecule has 1 aliphatic rings. The van der Waals surface area contributed by atoms with Crippen molar-refractivity contribution in [2.24, 2.45) is 0 Å². The highest BCUT2D eigenvalue weighted by Gasteiger charge is 2.42. The number of alkyl halides is 1. The van der Waals surface area contributed by atoms with Crippen molar-refractivity contribution < 1.29 is 24.1 Å². The molecule has 1 heterocycles. The van der Waals surface area contributed by atoms with Gasteiger partial charge in [-0.2, -0.15) is 0 Å². The molecule has 1 atom stereocenters. The standard InChI is InChI=1S/C29H32FNO4/c1-3-31(17-7-16-30)18-19-34-25-14-12-23(13-15-25)29(33)28(22-8-6-9-24(32)20-22)21(2)26-10-4-5-11-27(26)35-29/h4-6,8-15,20,32-33H,3,7,16-19H2,1-2H3. The number of nitrogens with zero attached hydrogens (tertiary/aromatic N) is 1. The molecule has 1 aliphatic heterocycles. The highest BCUT2D eigenvalue weighted by Crippen LogP contribution is 2.49. The van der Waals surface area contributed by atoms with Gasteiger partial charge in [0.1, 0.15) is 23.9 Å². The molecule has 1 unspecified atom stereocenters. The van der Waals surface area contributed by atoms with Gasteiger partial charge in [-0.05, 0) is 73.5 Å². The Morgan fingerprint density at radius 2 is 1.77 bits per heavy atom. The van der Waals surface area contributed by atoms with E-state index in [4.69, 9.17) is 9.47 Å². The molecular weight excluding hydrogens is 445 g/mol. The smallest absolute Gasteiger partial charge is 0.262 e. The van der Waals surface area contributed by atoms with Gasteiger partial charge in [0, 0.05) is 29.8 Å². The van der Waals surface area contributed by atoms with Crippen LogP contribution < -0.4 is 9.47 Å². The van der Waals surface area contributed by atoms with E-state index < -0.39 is 5.79 Å². The highest BCUT2D eigenvalue weighted by molar-refractivity contribution is 5.96. The maximum atomic E-state index is 12.5. The molecular formula is C29H32FNO4. The van der Waals surface area contributed by atoms with Gasteiger partial charge in [-0.1, -0.05) is 37.3 Å². The zero-order chi connectivity index (χ0) is 24.8. The molecule has 0 fully saturated rings. The van der Waals surface area contributed by atoms with E-state index in [0.717, 1.165) is 17.7 Å². The van der Waals surface area contributed by atoms with E-state index >= 15 is 0 Å². The van der Waals surface area contributed by atoms with Crippen LogP contribution in [0.4, 0.5) is 4.39 Å². The topological polar surface area (TPSA) is 62.2 Å². The lowest BCUT2D eigenvalue weighted by Gasteiger charge is -2.38. The summed E-state index contributed by atoms with van der Waals surface area (Å²) in [6.07, 6.45) is 0.526. The molecule has 35 heavy (non-hydrogen) atoms. The van der Waals surface area contributed by atoms with Crippen LogP contribution in [0.5, 0.6) is 17.2 Å². The number of hydrogen-bond acceptors (Lipinski definition) is 5. The number of aliphatic hydroxyl groups is 1. The number of fused-ring (bicyclic) bond motifs is 1. The first kappa shape index (κ1) is 24.8. The summed E-state index contributed by atoms with van der Waals surface area (Å²) in [5, 5.41) is 22.1. The summed E-state index contributed by atoms with van der Waals surface area (Å²) in [7, 11) is 0. The first-order valence-corrected chi connectivity index (χ1v) is 12.0. The minimum atomic E-state index is -1.75. The van der Waals surface area contributed by atoms with E-state index in [9.17, 15) is 14.6 Å². The van der Waals surface area contributed by atoms with Crippen molar-refractivity contribution in [3.05, 3.63) is 89.5 Å². The minimum Gasteiger partial charge on any atom is -0.508 e. The summed E-state index contributed by atoms with van der Waals surface area (Å²) in [5.74, 6) is -0.379. The average molecular weight is 478 g/mol. The van der Waals surface area contributed by atoms with Gasteiger partial charge in [0.15, 0.2) is 0 Å². The fourth-order valence-electron chi connectivity index (χ4n) is 4.52. The van der Waals surface area contributed by atoms with Crippen molar-refractivity contribution in [1.29, 1.82) is 0 Å². The van der Waals surface area contributed by atoms with Gasteiger partial charge in [0.05, 0.1) is 6.67 Å². The number of phenols is 1. The van der Waals surface area contributed by atoms with Crippen LogP contribution in [-0.4, -0.2) is 48.0 Å². The second kappa shape index (κ2) is 10.9. The van der Waals surface area contributed by atoms with Gasteiger partial charge in [0.25, 0.3) is 5.79 Å². The summed E-state index contributed by atoms with van der Waals surface area (Å²) < 4.78 is 24.6. The van der Waals surface area contributed by atoms with Crippen molar-refractivity contribution >= 4 is 11.1 Å². The van der Waals surface area contributed by atoms with E-state index in [-0.39, 0.29) is 12.4 Å². The third-order valence-electron chi connectivity index (χ3n) is 6.37. The number of benzene rings is 3. The number of para-hydroxylation sites is 1. The quantitative estimate of drug-likeness (QED) is 0.397. The lowest BCUT2D eigenvalue weighted by Crippen LogP contribution is -2.37. The molecule has 0 bridgehead atoms. The van der Waals surface area contributed by atoms with Gasteiger partial charge >= 0.3 is 0 Å². The molecule has 0 radical (unpaired) electrons. The number of aromatic hydroxyl groups is 1. The van der Waals surface area contributed by atoms with E-state index in [1.165, 1.54) is 0 Å². The Morgan fingerprint density at radius 3 is 2.49 bits per heavy atom. The Morgan fingerprint density at radius 1 is 1.00 bits per heavy atom. The van der Waals surface area contributed by atoms with Crippen molar-refractivity contribution in [2.75, 3.05) is 32.9 Å². The summed E-state index contributed by atoms with van der Waals surface area (Å²) >= 11 is 0. The summed E-state index contributed by atoms with van der Waals surface area (Å²) in [5.41, 5.74) is 3.56. The second-order valence-corrected chi connectivity index (χ2v) is 8.64. The van der Waals surface area contributed by atoms with Crippen LogP contribution in [0.25, 0.3) is 11.1 Å². The summed E-state index contributed by atoms with van der Waals surface area (Å²) in [6.45, 7) is 6.45. The third-order valence-corrected chi connectivity index (χ3v) is 6.37. The number of phenolic OH excluding ortho intramolecular Hbond substituents is 1. The van der Waals surface area contributed by atoms with E-state index in [1.54, 1.807) is 30.3 Å². The molecule has 0 amide bonds. The van der Waals surface area contributed by atoms with Crippen LogP contribution in [-0.2, 0) is 5.79 Å². The van der Waals surface area contributed by atoms with E-state index in [1.807, 2.05) is 49.4 Å². The molecule has 3 aromatic carbocycles. The predicted molar refractivity (Wildman–Crippen MR) is 136 cm³/mol. The van der Waals surface area contributed by atoms with Crippen molar-refractivity contribution in [1.82, 2.24) is 4.90 Å².